The highest BCUT2D eigenvalue weighted by Gasteiger charge is 2.38. The lowest BCUT2D eigenvalue weighted by Crippen LogP contribution is -2.26. The molecular formula is C13H11ClF3NO3. The molecule has 1 aromatic rings. The number of methoxy groups -OCH3 is 1. The molecule has 1 fully saturated rings. The lowest BCUT2D eigenvalue weighted by atomic mass is 10.1. The van der Waals surface area contributed by atoms with Crippen LogP contribution in [0.3, 0.4) is 0 Å². The van der Waals surface area contributed by atoms with E-state index in [-0.39, 0.29) is 23.7 Å². The fraction of sp³-hybridized carbons (Fsp3) is 0.385. The van der Waals surface area contributed by atoms with E-state index in [9.17, 15) is 22.8 Å². The lowest BCUT2D eigenvalue weighted by molar-refractivity contribution is -0.145. The molecule has 2 rings (SSSR count). The standard InChI is InChI=1S/C13H11ClF3NO3/c1-21-12(20)7-4-11(19)18(6-7)10-5-8(13(15,16)17)2-3-9(10)14/h2-3,5,7H,4,6H2,1H3/t7-/m1/s1. The summed E-state index contributed by atoms with van der Waals surface area (Å²) < 4.78 is 42.7. The zero-order valence-corrected chi connectivity index (χ0v) is 11.7. The Hall–Kier alpha value is -1.76. The second-order valence-corrected chi connectivity index (χ2v) is 5.00. The van der Waals surface area contributed by atoms with Crippen molar-refractivity contribution in [2.75, 3.05) is 18.6 Å². The summed E-state index contributed by atoms with van der Waals surface area (Å²) in [6.45, 7) is -0.0491. The van der Waals surface area contributed by atoms with Crippen molar-refractivity contribution < 1.29 is 27.5 Å². The molecule has 0 aromatic heterocycles. The van der Waals surface area contributed by atoms with E-state index < -0.39 is 29.5 Å². The maximum absolute atomic E-state index is 12.7. The number of rotatable bonds is 2. The minimum atomic E-state index is -4.54. The molecule has 1 saturated heterocycles. The van der Waals surface area contributed by atoms with Gasteiger partial charge in [0.05, 0.1) is 29.3 Å². The Morgan fingerprint density at radius 2 is 2.10 bits per heavy atom. The minimum Gasteiger partial charge on any atom is -0.469 e. The van der Waals surface area contributed by atoms with Crippen molar-refractivity contribution in [3.8, 4) is 0 Å². The number of carbonyl (C=O) groups excluding carboxylic acids is 2. The second kappa shape index (κ2) is 5.55. The average Bonchev–Trinajstić information content (AvgIpc) is 2.79. The van der Waals surface area contributed by atoms with Crippen LogP contribution >= 0.6 is 11.6 Å². The third kappa shape index (κ3) is 3.12. The smallest absolute Gasteiger partial charge is 0.416 e. The quantitative estimate of drug-likeness (QED) is 0.787. The summed E-state index contributed by atoms with van der Waals surface area (Å²) in [5.74, 6) is -1.74. The first-order chi connectivity index (χ1) is 9.74. The molecule has 0 aliphatic carbocycles. The van der Waals surface area contributed by atoms with Gasteiger partial charge in [-0.05, 0) is 18.2 Å². The number of anilines is 1. The Kier molecular flexibility index (Phi) is 4.13. The maximum atomic E-state index is 12.7. The summed E-state index contributed by atoms with van der Waals surface area (Å²) in [7, 11) is 1.19. The Morgan fingerprint density at radius 3 is 2.67 bits per heavy atom. The van der Waals surface area contributed by atoms with Crippen LogP contribution in [-0.2, 0) is 20.5 Å². The highest BCUT2D eigenvalue weighted by molar-refractivity contribution is 6.34. The van der Waals surface area contributed by atoms with Gasteiger partial charge in [0.25, 0.3) is 0 Å². The largest absolute Gasteiger partial charge is 0.469 e. The van der Waals surface area contributed by atoms with Crippen molar-refractivity contribution in [2.45, 2.75) is 12.6 Å². The predicted molar refractivity (Wildman–Crippen MR) is 68.9 cm³/mol. The third-order valence-corrected chi connectivity index (χ3v) is 3.54. The van der Waals surface area contributed by atoms with Crippen LogP contribution in [-0.4, -0.2) is 25.5 Å². The van der Waals surface area contributed by atoms with E-state index in [1.165, 1.54) is 7.11 Å². The van der Waals surface area contributed by atoms with Crippen LogP contribution in [0.2, 0.25) is 5.02 Å². The Morgan fingerprint density at radius 1 is 1.43 bits per heavy atom. The van der Waals surface area contributed by atoms with Crippen LogP contribution in [0, 0.1) is 5.92 Å². The van der Waals surface area contributed by atoms with Crippen LogP contribution in [0.1, 0.15) is 12.0 Å². The number of benzene rings is 1. The van der Waals surface area contributed by atoms with Crippen molar-refractivity contribution >= 4 is 29.2 Å². The number of ether oxygens (including phenoxy) is 1. The van der Waals surface area contributed by atoms with Gasteiger partial charge in [-0.2, -0.15) is 13.2 Å². The molecular weight excluding hydrogens is 311 g/mol. The van der Waals surface area contributed by atoms with Crippen molar-refractivity contribution in [2.24, 2.45) is 5.92 Å². The molecule has 0 saturated carbocycles. The van der Waals surface area contributed by atoms with E-state index in [0.29, 0.717) is 0 Å². The number of hydrogen-bond donors (Lipinski definition) is 0. The van der Waals surface area contributed by atoms with Crippen LogP contribution < -0.4 is 4.90 Å². The van der Waals surface area contributed by atoms with Gasteiger partial charge < -0.3 is 9.64 Å². The van der Waals surface area contributed by atoms with E-state index in [1.54, 1.807) is 0 Å². The van der Waals surface area contributed by atoms with Crippen LogP contribution in [0.15, 0.2) is 18.2 Å². The van der Waals surface area contributed by atoms with Gasteiger partial charge in [-0.1, -0.05) is 11.6 Å². The molecule has 1 aliphatic rings. The first kappa shape index (κ1) is 15.6. The zero-order chi connectivity index (χ0) is 15.8. The van der Waals surface area contributed by atoms with Gasteiger partial charge in [0.15, 0.2) is 0 Å². The topological polar surface area (TPSA) is 46.6 Å². The molecule has 0 bridgehead atoms. The fourth-order valence-electron chi connectivity index (χ4n) is 2.16. The molecule has 1 amide bonds. The van der Waals surface area contributed by atoms with Crippen LogP contribution in [0.5, 0.6) is 0 Å². The van der Waals surface area contributed by atoms with Crippen molar-refractivity contribution in [3.63, 3.8) is 0 Å². The summed E-state index contributed by atoms with van der Waals surface area (Å²) in [6, 6.07) is 2.72. The maximum Gasteiger partial charge on any atom is 0.416 e. The van der Waals surface area contributed by atoms with E-state index in [0.717, 1.165) is 23.1 Å². The summed E-state index contributed by atoms with van der Waals surface area (Å²) in [4.78, 5) is 24.4. The summed E-state index contributed by atoms with van der Waals surface area (Å²) >= 11 is 5.88. The van der Waals surface area contributed by atoms with Gasteiger partial charge in [0, 0.05) is 13.0 Å². The Labute approximate surface area is 123 Å². The lowest BCUT2D eigenvalue weighted by Gasteiger charge is -2.19. The number of amides is 1. The van der Waals surface area contributed by atoms with Gasteiger partial charge in [-0.3, -0.25) is 9.59 Å². The molecule has 114 valence electrons. The molecule has 0 radical (unpaired) electrons. The molecule has 21 heavy (non-hydrogen) atoms. The van der Waals surface area contributed by atoms with E-state index in [1.807, 2.05) is 0 Å². The molecule has 0 unspecified atom stereocenters. The first-order valence-corrected chi connectivity index (χ1v) is 6.36. The van der Waals surface area contributed by atoms with Crippen LogP contribution in [0.25, 0.3) is 0 Å². The third-order valence-electron chi connectivity index (χ3n) is 3.22. The molecule has 0 spiro atoms. The van der Waals surface area contributed by atoms with Crippen molar-refractivity contribution in [1.29, 1.82) is 0 Å². The summed E-state index contributed by atoms with van der Waals surface area (Å²) in [6.07, 6.45) is -4.65. The second-order valence-electron chi connectivity index (χ2n) is 4.59. The number of hydrogen-bond acceptors (Lipinski definition) is 3. The van der Waals surface area contributed by atoms with Crippen molar-refractivity contribution in [3.05, 3.63) is 28.8 Å². The van der Waals surface area contributed by atoms with Crippen LogP contribution in [0.4, 0.5) is 18.9 Å². The Bertz CT molecular complexity index is 589. The Balaban J connectivity index is 2.34. The number of alkyl halides is 3. The number of halogens is 4. The van der Waals surface area contributed by atoms with Gasteiger partial charge in [-0.25, -0.2) is 0 Å². The van der Waals surface area contributed by atoms with Gasteiger partial charge in [0.2, 0.25) is 5.91 Å². The monoisotopic (exact) mass is 321 g/mol. The molecule has 1 atom stereocenters. The predicted octanol–water partition coefficient (Wildman–Crippen LogP) is 2.88. The molecule has 1 aliphatic heterocycles. The molecule has 4 nitrogen and oxygen atoms in total. The normalized spacial score (nSPS) is 19.0. The average molecular weight is 322 g/mol. The summed E-state index contributed by atoms with van der Waals surface area (Å²) in [5.41, 5.74) is -0.959. The zero-order valence-electron chi connectivity index (χ0n) is 10.9. The number of carbonyl (C=O) groups is 2. The molecule has 1 aromatic carbocycles. The molecule has 0 N–H and O–H groups in total. The SMILES string of the molecule is COC(=O)[C@@H]1CC(=O)N(c2cc(C(F)(F)F)ccc2Cl)C1. The van der Waals surface area contributed by atoms with Gasteiger partial charge in [0.1, 0.15) is 0 Å². The highest BCUT2D eigenvalue weighted by Crippen LogP contribution is 2.37. The highest BCUT2D eigenvalue weighted by atomic mass is 35.5. The van der Waals surface area contributed by atoms with E-state index in [4.69, 9.17) is 11.6 Å². The van der Waals surface area contributed by atoms with E-state index >= 15 is 0 Å². The summed E-state index contributed by atoms with van der Waals surface area (Å²) in [5, 5.41) is 0.0156. The number of esters is 1. The van der Waals surface area contributed by atoms with Gasteiger partial charge in [-0.15, -0.1) is 0 Å². The van der Waals surface area contributed by atoms with Gasteiger partial charge >= 0.3 is 12.1 Å². The number of nitrogens with zero attached hydrogens (tertiary/aromatic N) is 1. The first-order valence-electron chi connectivity index (χ1n) is 5.99. The molecule has 1 heterocycles. The molecule has 8 heteroatoms. The van der Waals surface area contributed by atoms with E-state index in [2.05, 4.69) is 4.74 Å². The fourth-order valence-corrected chi connectivity index (χ4v) is 2.38. The minimum absolute atomic E-state index is 0.0156. The van der Waals surface area contributed by atoms with Crippen molar-refractivity contribution in [1.82, 2.24) is 0 Å².